The standard InChI is InChI=1S/C13H16Cl2FNO/c1-17(8-4-2-3-7-14)13(18)10-5-6-11(15)12(16)9-10/h5-6,9H,2-4,7-8H2,1H3. The van der Waals surface area contributed by atoms with Crippen molar-refractivity contribution in [2.45, 2.75) is 19.3 Å². The van der Waals surface area contributed by atoms with Gasteiger partial charge < -0.3 is 4.90 Å². The van der Waals surface area contributed by atoms with E-state index in [2.05, 4.69) is 0 Å². The van der Waals surface area contributed by atoms with E-state index in [0.717, 1.165) is 19.3 Å². The van der Waals surface area contributed by atoms with Crippen molar-refractivity contribution < 1.29 is 9.18 Å². The molecule has 0 aromatic heterocycles. The molecule has 0 saturated heterocycles. The number of hydrogen-bond acceptors (Lipinski definition) is 1. The summed E-state index contributed by atoms with van der Waals surface area (Å²) in [6, 6.07) is 4.09. The van der Waals surface area contributed by atoms with Crippen LogP contribution in [0.4, 0.5) is 4.39 Å². The van der Waals surface area contributed by atoms with Gasteiger partial charge in [-0.1, -0.05) is 18.0 Å². The van der Waals surface area contributed by atoms with E-state index >= 15 is 0 Å². The fraction of sp³-hybridized carbons (Fsp3) is 0.462. The highest BCUT2D eigenvalue weighted by atomic mass is 35.5. The molecule has 1 aromatic carbocycles. The Morgan fingerprint density at radius 2 is 2.06 bits per heavy atom. The average molecular weight is 292 g/mol. The highest BCUT2D eigenvalue weighted by molar-refractivity contribution is 6.30. The Morgan fingerprint density at radius 3 is 2.67 bits per heavy atom. The van der Waals surface area contributed by atoms with Gasteiger partial charge in [0.1, 0.15) is 5.82 Å². The summed E-state index contributed by atoms with van der Waals surface area (Å²) in [5.74, 6) is -0.130. The van der Waals surface area contributed by atoms with Gasteiger partial charge in [0.05, 0.1) is 5.02 Å². The van der Waals surface area contributed by atoms with Gasteiger partial charge in [-0.25, -0.2) is 4.39 Å². The van der Waals surface area contributed by atoms with Gasteiger partial charge in [0.2, 0.25) is 0 Å². The SMILES string of the molecule is CN(CCCCCCl)C(=O)c1ccc(Cl)c(F)c1. The van der Waals surface area contributed by atoms with Crippen molar-refractivity contribution in [1.29, 1.82) is 0 Å². The second-order valence-electron chi connectivity index (χ2n) is 4.11. The van der Waals surface area contributed by atoms with Crippen molar-refractivity contribution in [3.8, 4) is 0 Å². The third kappa shape index (κ3) is 4.46. The molecule has 0 aliphatic carbocycles. The molecule has 2 nitrogen and oxygen atoms in total. The molecule has 18 heavy (non-hydrogen) atoms. The third-order valence-electron chi connectivity index (χ3n) is 2.64. The first-order chi connectivity index (χ1) is 8.56. The van der Waals surface area contributed by atoms with E-state index in [0.29, 0.717) is 18.0 Å². The molecule has 0 heterocycles. The molecule has 0 bridgehead atoms. The van der Waals surface area contributed by atoms with Crippen molar-refractivity contribution in [3.05, 3.63) is 34.6 Å². The number of carbonyl (C=O) groups is 1. The fourth-order valence-electron chi connectivity index (χ4n) is 1.57. The Morgan fingerprint density at radius 1 is 1.33 bits per heavy atom. The van der Waals surface area contributed by atoms with E-state index in [1.54, 1.807) is 11.9 Å². The van der Waals surface area contributed by atoms with Crippen molar-refractivity contribution in [1.82, 2.24) is 4.90 Å². The highest BCUT2D eigenvalue weighted by Crippen LogP contribution is 2.16. The van der Waals surface area contributed by atoms with E-state index in [4.69, 9.17) is 23.2 Å². The van der Waals surface area contributed by atoms with E-state index in [1.165, 1.54) is 18.2 Å². The van der Waals surface area contributed by atoms with E-state index < -0.39 is 5.82 Å². The van der Waals surface area contributed by atoms with Gasteiger partial charge in [-0.05, 0) is 31.0 Å². The summed E-state index contributed by atoms with van der Waals surface area (Å²) in [5.41, 5.74) is 0.316. The number of benzene rings is 1. The number of amides is 1. The Hall–Kier alpha value is -0.800. The van der Waals surface area contributed by atoms with Gasteiger partial charge in [0.25, 0.3) is 5.91 Å². The molecule has 100 valence electrons. The molecule has 5 heteroatoms. The molecule has 1 rings (SSSR count). The van der Waals surface area contributed by atoms with E-state index in [1.807, 2.05) is 0 Å². The predicted octanol–water partition coefficient (Wildman–Crippen LogP) is 3.96. The van der Waals surface area contributed by atoms with Gasteiger partial charge >= 0.3 is 0 Å². The predicted molar refractivity (Wildman–Crippen MR) is 72.9 cm³/mol. The molecule has 1 aromatic rings. The maximum Gasteiger partial charge on any atom is 0.253 e. The maximum atomic E-state index is 13.2. The van der Waals surface area contributed by atoms with Gasteiger partial charge in [-0.3, -0.25) is 4.79 Å². The van der Waals surface area contributed by atoms with Crippen LogP contribution in [0, 0.1) is 5.82 Å². The number of unbranched alkanes of at least 4 members (excludes halogenated alkanes) is 2. The van der Waals surface area contributed by atoms with Crippen LogP contribution < -0.4 is 0 Å². The highest BCUT2D eigenvalue weighted by Gasteiger charge is 2.13. The molecule has 0 unspecified atom stereocenters. The van der Waals surface area contributed by atoms with Crippen LogP contribution in [0.15, 0.2) is 18.2 Å². The number of carbonyl (C=O) groups excluding carboxylic acids is 1. The number of nitrogens with zero attached hydrogens (tertiary/aromatic N) is 1. The zero-order chi connectivity index (χ0) is 13.5. The minimum atomic E-state index is -0.571. The van der Waals surface area contributed by atoms with Crippen LogP contribution in [0.5, 0.6) is 0 Å². The maximum absolute atomic E-state index is 13.2. The van der Waals surface area contributed by atoms with Crippen molar-refractivity contribution in [2.75, 3.05) is 19.5 Å². The summed E-state index contributed by atoms with van der Waals surface area (Å²) in [7, 11) is 1.70. The van der Waals surface area contributed by atoms with E-state index in [9.17, 15) is 9.18 Å². The third-order valence-corrected chi connectivity index (χ3v) is 3.21. The number of hydrogen-bond donors (Lipinski definition) is 0. The van der Waals surface area contributed by atoms with Gasteiger partial charge in [-0.2, -0.15) is 0 Å². The lowest BCUT2D eigenvalue weighted by molar-refractivity contribution is 0.0792. The van der Waals surface area contributed by atoms with Gasteiger partial charge in [0, 0.05) is 25.0 Å². The summed E-state index contributed by atoms with van der Waals surface area (Å²) in [5, 5.41) is 0.0244. The topological polar surface area (TPSA) is 20.3 Å². The van der Waals surface area contributed by atoms with Crippen LogP contribution in [0.25, 0.3) is 0 Å². The quantitative estimate of drug-likeness (QED) is 0.574. The molecule has 1 amide bonds. The average Bonchev–Trinajstić information content (AvgIpc) is 2.37. The van der Waals surface area contributed by atoms with Crippen LogP contribution in [0.1, 0.15) is 29.6 Å². The van der Waals surface area contributed by atoms with Crippen LogP contribution in [-0.2, 0) is 0 Å². The molecule has 0 fully saturated rings. The van der Waals surface area contributed by atoms with Crippen LogP contribution >= 0.6 is 23.2 Å². The first kappa shape index (κ1) is 15.3. The Kier molecular flexibility index (Phi) is 6.44. The zero-order valence-corrected chi connectivity index (χ0v) is 11.8. The Bertz CT molecular complexity index is 412. The Balaban J connectivity index is 2.54. The van der Waals surface area contributed by atoms with Crippen molar-refractivity contribution in [3.63, 3.8) is 0 Å². The second-order valence-corrected chi connectivity index (χ2v) is 4.89. The van der Waals surface area contributed by atoms with Crippen molar-refractivity contribution >= 4 is 29.1 Å². The van der Waals surface area contributed by atoms with Crippen LogP contribution in [0.3, 0.4) is 0 Å². The summed E-state index contributed by atoms with van der Waals surface area (Å²) in [4.78, 5) is 13.5. The summed E-state index contributed by atoms with van der Waals surface area (Å²) < 4.78 is 13.2. The molecular weight excluding hydrogens is 276 g/mol. The zero-order valence-electron chi connectivity index (χ0n) is 10.3. The number of halogens is 3. The molecule has 0 atom stereocenters. The largest absolute Gasteiger partial charge is 0.342 e. The Labute approximate surface area is 117 Å². The number of rotatable bonds is 6. The first-order valence-corrected chi connectivity index (χ1v) is 6.74. The van der Waals surface area contributed by atoms with Crippen LogP contribution in [-0.4, -0.2) is 30.3 Å². The first-order valence-electron chi connectivity index (χ1n) is 5.82. The van der Waals surface area contributed by atoms with Crippen molar-refractivity contribution in [2.24, 2.45) is 0 Å². The lowest BCUT2D eigenvalue weighted by atomic mass is 10.2. The molecule has 0 saturated carbocycles. The number of alkyl halides is 1. The minimum absolute atomic E-state index is 0.0244. The fourth-order valence-corrected chi connectivity index (χ4v) is 1.88. The van der Waals surface area contributed by atoms with Gasteiger partial charge in [-0.15, -0.1) is 11.6 Å². The normalized spacial score (nSPS) is 10.4. The molecular formula is C13H16Cl2FNO. The lowest BCUT2D eigenvalue weighted by Gasteiger charge is -2.17. The monoisotopic (exact) mass is 291 g/mol. The summed E-state index contributed by atoms with van der Waals surface area (Å²) >= 11 is 11.1. The van der Waals surface area contributed by atoms with E-state index in [-0.39, 0.29) is 10.9 Å². The molecule has 0 N–H and O–H groups in total. The molecule has 0 spiro atoms. The molecule has 0 radical (unpaired) electrons. The summed E-state index contributed by atoms with van der Waals surface area (Å²) in [6.45, 7) is 0.639. The summed E-state index contributed by atoms with van der Waals surface area (Å²) in [6.07, 6.45) is 2.82. The smallest absolute Gasteiger partial charge is 0.253 e. The van der Waals surface area contributed by atoms with Gasteiger partial charge in [0.15, 0.2) is 0 Å². The lowest BCUT2D eigenvalue weighted by Crippen LogP contribution is -2.27. The minimum Gasteiger partial charge on any atom is -0.342 e. The second kappa shape index (κ2) is 7.59. The molecule has 0 aliphatic heterocycles. The van der Waals surface area contributed by atoms with Crippen LogP contribution in [0.2, 0.25) is 5.02 Å². The molecule has 0 aliphatic rings.